The Morgan fingerprint density at radius 3 is 2.96 bits per heavy atom. The van der Waals surface area contributed by atoms with E-state index in [1.165, 1.54) is 11.1 Å². The molecule has 1 fully saturated rings. The van der Waals surface area contributed by atoms with Gasteiger partial charge >= 0.3 is 0 Å². The molecule has 2 aromatic rings. The molecule has 1 unspecified atom stereocenters. The Bertz CT molecular complexity index is 794. The summed E-state index contributed by atoms with van der Waals surface area (Å²) in [6.45, 7) is 2.24. The molecular weight excluding hydrogens is 308 g/mol. The van der Waals surface area contributed by atoms with E-state index >= 15 is 0 Å². The van der Waals surface area contributed by atoms with Crippen molar-refractivity contribution >= 4 is 17.3 Å². The first-order valence-electron chi connectivity index (χ1n) is 7.89. The van der Waals surface area contributed by atoms with Gasteiger partial charge in [0, 0.05) is 11.6 Å². The number of benzene rings is 2. The second-order valence-electron chi connectivity index (χ2n) is 6.19. The zero-order valence-electron chi connectivity index (χ0n) is 12.8. The van der Waals surface area contributed by atoms with Crippen LogP contribution in [0.25, 0.3) is 0 Å². The van der Waals surface area contributed by atoms with Crippen LogP contribution in [0.15, 0.2) is 42.5 Å². The number of nitriles is 1. The standard InChI is InChI=1S/C19H17ClN2O/c20-16-5-6-18(15(11-16)12-21)22-9-10-23-19(13-22)8-7-14-3-1-2-4-17(14)19/h1-6,11H,7-10,13H2. The van der Waals surface area contributed by atoms with Crippen LogP contribution in [-0.4, -0.2) is 19.7 Å². The van der Waals surface area contributed by atoms with E-state index in [1.807, 2.05) is 12.1 Å². The van der Waals surface area contributed by atoms with E-state index in [1.54, 1.807) is 6.07 Å². The second-order valence-corrected chi connectivity index (χ2v) is 6.63. The number of hydrogen-bond donors (Lipinski definition) is 0. The molecule has 0 aromatic heterocycles. The van der Waals surface area contributed by atoms with Crippen molar-refractivity contribution in [2.24, 2.45) is 0 Å². The highest BCUT2D eigenvalue weighted by Crippen LogP contribution is 2.43. The smallest absolute Gasteiger partial charge is 0.111 e. The Balaban J connectivity index is 1.71. The molecular formula is C19H17ClN2O. The van der Waals surface area contributed by atoms with Crippen molar-refractivity contribution in [2.75, 3.05) is 24.6 Å². The van der Waals surface area contributed by atoms with Crippen molar-refractivity contribution in [1.29, 1.82) is 5.26 Å². The zero-order valence-corrected chi connectivity index (χ0v) is 13.5. The average Bonchev–Trinajstić information content (AvgIpc) is 2.93. The Hall–Kier alpha value is -2.02. The van der Waals surface area contributed by atoms with Crippen molar-refractivity contribution < 1.29 is 4.74 Å². The third-order valence-corrected chi connectivity index (χ3v) is 5.15. The molecule has 0 radical (unpaired) electrons. The van der Waals surface area contributed by atoms with Gasteiger partial charge in [0.25, 0.3) is 0 Å². The van der Waals surface area contributed by atoms with Crippen LogP contribution < -0.4 is 4.90 Å². The molecule has 2 aromatic carbocycles. The lowest BCUT2D eigenvalue weighted by atomic mass is 9.93. The molecule has 1 aliphatic carbocycles. The SMILES string of the molecule is N#Cc1cc(Cl)ccc1N1CCOC2(CCc3ccccc32)C1. The maximum absolute atomic E-state index is 9.42. The molecule has 4 rings (SSSR count). The molecule has 4 heteroatoms. The summed E-state index contributed by atoms with van der Waals surface area (Å²) in [5, 5.41) is 10.0. The number of fused-ring (bicyclic) bond motifs is 2. The van der Waals surface area contributed by atoms with Crippen molar-refractivity contribution in [1.82, 2.24) is 0 Å². The van der Waals surface area contributed by atoms with E-state index in [0.29, 0.717) is 17.2 Å². The van der Waals surface area contributed by atoms with Crippen molar-refractivity contribution in [3.05, 3.63) is 64.2 Å². The normalized spacial score (nSPS) is 22.9. The van der Waals surface area contributed by atoms with E-state index in [-0.39, 0.29) is 5.60 Å². The van der Waals surface area contributed by atoms with Gasteiger partial charge in [-0.05, 0) is 42.2 Å². The number of morpholine rings is 1. The fraction of sp³-hybridized carbons (Fsp3) is 0.316. The molecule has 1 saturated heterocycles. The molecule has 1 atom stereocenters. The maximum Gasteiger partial charge on any atom is 0.111 e. The number of ether oxygens (including phenoxy) is 1. The van der Waals surface area contributed by atoms with Crippen molar-refractivity contribution in [2.45, 2.75) is 18.4 Å². The summed E-state index contributed by atoms with van der Waals surface area (Å²) in [5.74, 6) is 0. The Kier molecular flexibility index (Phi) is 3.52. The van der Waals surface area contributed by atoms with Crippen LogP contribution in [0.4, 0.5) is 5.69 Å². The molecule has 1 spiro atoms. The van der Waals surface area contributed by atoms with Gasteiger partial charge in [0.1, 0.15) is 11.7 Å². The molecule has 2 aliphatic rings. The topological polar surface area (TPSA) is 36.3 Å². The minimum absolute atomic E-state index is 0.249. The highest BCUT2D eigenvalue weighted by molar-refractivity contribution is 6.30. The first kappa shape index (κ1) is 14.6. The minimum Gasteiger partial charge on any atom is -0.367 e. The monoisotopic (exact) mass is 324 g/mol. The highest BCUT2D eigenvalue weighted by Gasteiger charge is 2.43. The molecule has 23 heavy (non-hydrogen) atoms. The maximum atomic E-state index is 9.42. The lowest BCUT2D eigenvalue weighted by molar-refractivity contribution is -0.0592. The quantitative estimate of drug-likeness (QED) is 0.798. The first-order chi connectivity index (χ1) is 11.2. The van der Waals surface area contributed by atoms with Crippen LogP contribution in [0, 0.1) is 11.3 Å². The summed E-state index contributed by atoms with van der Waals surface area (Å²) in [7, 11) is 0. The zero-order chi connectivity index (χ0) is 15.9. The van der Waals surface area contributed by atoms with E-state index in [0.717, 1.165) is 31.6 Å². The Morgan fingerprint density at radius 2 is 2.09 bits per heavy atom. The van der Waals surface area contributed by atoms with Gasteiger partial charge in [-0.1, -0.05) is 35.9 Å². The van der Waals surface area contributed by atoms with Gasteiger partial charge in [-0.3, -0.25) is 0 Å². The molecule has 1 aliphatic heterocycles. The predicted octanol–water partition coefficient (Wildman–Crippen LogP) is 3.89. The first-order valence-corrected chi connectivity index (χ1v) is 8.27. The highest BCUT2D eigenvalue weighted by atomic mass is 35.5. The predicted molar refractivity (Wildman–Crippen MR) is 90.8 cm³/mol. The van der Waals surface area contributed by atoms with E-state index < -0.39 is 0 Å². The lowest BCUT2D eigenvalue weighted by Gasteiger charge is -2.42. The van der Waals surface area contributed by atoms with Crippen LogP contribution in [0.5, 0.6) is 0 Å². The molecule has 3 nitrogen and oxygen atoms in total. The van der Waals surface area contributed by atoms with Gasteiger partial charge in [0.2, 0.25) is 0 Å². The number of rotatable bonds is 1. The minimum atomic E-state index is -0.249. The molecule has 0 bridgehead atoms. The fourth-order valence-corrected chi connectivity index (χ4v) is 4.00. The number of anilines is 1. The summed E-state index contributed by atoms with van der Waals surface area (Å²) in [6, 6.07) is 16.3. The van der Waals surface area contributed by atoms with Crippen LogP contribution in [0.2, 0.25) is 5.02 Å². The molecule has 1 heterocycles. The van der Waals surface area contributed by atoms with Gasteiger partial charge in [0.05, 0.1) is 24.4 Å². The Labute approximate surface area is 141 Å². The van der Waals surface area contributed by atoms with Crippen molar-refractivity contribution in [3.8, 4) is 6.07 Å². The summed E-state index contributed by atoms with van der Waals surface area (Å²) in [5.41, 5.74) is 4.01. The number of halogens is 1. The van der Waals surface area contributed by atoms with E-state index in [2.05, 4.69) is 35.2 Å². The van der Waals surface area contributed by atoms with Gasteiger partial charge in [-0.2, -0.15) is 5.26 Å². The lowest BCUT2D eigenvalue weighted by Crippen LogP contribution is -2.49. The summed E-state index contributed by atoms with van der Waals surface area (Å²) in [6.07, 6.45) is 2.05. The average molecular weight is 325 g/mol. The van der Waals surface area contributed by atoms with Gasteiger partial charge in [-0.15, -0.1) is 0 Å². The number of aryl methyl sites for hydroxylation is 1. The molecule has 0 amide bonds. The summed E-state index contributed by atoms with van der Waals surface area (Å²) in [4.78, 5) is 2.26. The fourth-order valence-electron chi connectivity index (χ4n) is 3.83. The molecule has 0 saturated carbocycles. The Morgan fingerprint density at radius 1 is 1.22 bits per heavy atom. The summed E-state index contributed by atoms with van der Waals surface area (Å²) >= 11 is 6.03. The largest absolute Gasteiger partial charge is 0.367 e. The van der Waals surface area contributed by atoms with Crippen molar-refractivity contribution in [3.63, 3.8) is 0 Å². The molecule has 116 valence electrons. The third kappa shape index (κ3) is 2.39. The van der Waals surface area contributed by atoms with Crippen LogP contribution in [0.3, 0.4) is 0 Å². The van der Waals surface area contributed by atoms with Gasteiger partial charge < -0.3 is 9.64 Å². The molecule has 0 N–H and O–H groups in total. The second kappa shape index (κ2) is 5.56. The van der Waals surface area contributed by atoms with Crippen LogP contribution in [0.1, 0.15) is 23.1 Å². The van der Waals surface area contributed by atoms with Gasteiger partial charge in [-0.25, -0.2) is 0 Å². The van der Waals surface area contributed by atoms with E-state index in [4.69, 9.17) is 16.3 Å². The third-order valence-electron chi connectivity index (χ3n) is 4.91. The van der Waals surface area contributed by atoms with Gasteiger partial charge in [0.15, 0.2) is 0 Å². The van der Waals surface area contributed by atoms with E-state index in [9.17, 15) is 5.26 Å². The number of hydrogen-bond acceptors (Lipinski definition) is 3. The number of nitrogens with zero attached hydrogens (tertiary/aromatic N) is 2. The summed E-state index contributed by atoms with van der Waals surface area (Å²) < 4.78 is 6.25. The van der Waals surface area contributed by atoms with Crippen LogP contribution in [-0.2, 0) is 16.8 Å². The van der Waals surface area contributed by atoms with Crippen LogP contribution >= 0.6 is 11.6 Å².